The van der Waals surface area contributed by atoms with Crippen LogP contribution in [0.25, 0.3) is 65.3 Å². The van der Waals surface area contributed by atoms with Crippen molar-refractivity contribution in [2.24, 2.45) is 0 Å². The summed E-state index contributed by atoms with van der Waals surface area (Å²) >= 11 is 0. The molecule has 0 aliphatic heterocycles. The maximum Gasteiger partial charge on any atom is 0.0540 e. The zero-order chi connectivity index (χ0) is 33.4. The molecule has 1 heteroatoms. The summed E-state index contributed by atoms with van der Waals surface area (Å²) < 4.78 is 0. The molecule has 9 aromatic rings. The second-order valence-electron chi connectivity index (χ2n) is 14.1. The average molecular weight is 638 g/mol. The maximum absolute atomic E-state index is 2.47. The molecule has 10 rings (SSSR count). The minimum Gasteiger partial charge on any atom is -0.309 e. The summed E-state index contributed by atoms with van der Waals surface area (Å²) in [4.78, 5) is 2.47. The number of fused-ring (bicyclic) bond motifs is 8. The Morgan fingerprint density at radius 3 is 1.52 bits per heavy atom. The molecule has 50 heavy (non-hydrogen) atoms. The average Bonchev–Trinajstić information content (AvgIpc) is 3.39. The van der Waals surface area contributed by atoms with Crippen molar-refractivity contribution in [1.29, 1.82) is 0 Å². The number of anilines is 3. The fourth-order valence-corrected chi connectivity index (χ4v) is 8.54. The van der Waals surface area contributed by atoms with Crippen LogP contribution in [0, 0.1) is 0 Å². The lowest BCUT2D eigenvalue weighted by atomic mass is 9.81. The van der Waals surface area contributed by atoms with Gasteiger partial charge in [0.2, 0.25) is 0 Å². The monoisotopic (exact) mass is 637 g/mol. The molecule has 1 nitrogen and oxygen atoms in total. The molecule has 0 fully saturated rings. The normalized spacial score (nSPS) is 13.2. The smallest absolute Gasteiger partial charge is 0.0540 e. The van der Waals surface area contributed by atoms with Crippen molar-refractivity contribution in [1.82, 2.24) is 0 Å². The molecular formula is C49H35N. The number of hydrogen-bond donors (Lipinski definition) is 0. The van der Waals surface area contributed by atoms with Crippen molar-refractivity contribution >= 4 is 60.2 Å². The lowest BCUT2D eigenvalue weighted by molar-refractivity contribution is 0.660. The topological polar surface area (TPSA) is 3.24 Å². The number of benzene rings is 9. The highest BCUT2D eigenvalue weighted by atomic mass is 15.1. The van der Waals surface area contributed by atoms with Gasteiger partial charge in [-0.15, -0.1) is 0 Å². The fourth-order valence-electron chi connectivity index (χ4n) is 8.54. The van der Waals surface area contributed by atoms with Crippen LogP contribution in [-0.2, 0) is 5.41 Å². The molecule has 0 heterocycles. The van der Waals surface area contributed by atoms with Crippen molar-refractivity contribution in [2.75, 3.05) is 4.90 Å². The zero-order valence-electron chi connectivity index (χ0n) is 28.2. The largest absolute Gasteiger partial charge is 0.309 e. The molecule has 0 aromatic heterocycles. The molecule has 0 spiro atoms. The molecular weight excluding hydrogens is 603 g/mol. The van der Waals surface area contributed by atoms with Crippen LogP contribution in [0.3, 0.4) is 0 Å². The minimum atomic E-state index is -0.188. The molecule has 0 N–H and O–H groups in total. The van der Waals surface area contributed by atoms with Crippen LogP contribution in [0.2, 0.25) is 0 Å². The summed E-state index contributed by atoms with van der Waals surface area (Å²) in [5.41, 5.74) is 11.3. The fraction of sp³-hybridized carbons (Fsp3) is 0.0612. The Kier molecular flexibility index (Phi) is 6.29. The van der Waals surface area contributed by atoms with Gasteiger partial charge in [0, 0.05) is 21.9 Å². The van der Waals surface area contributed by atoms with Crippen LogP contribution in [0.1, 0.15) is 25.0 Å². The van der Waals surface area contributed by atoms with Crippen LogP contribution in [0.4, 0.5) is 17.1 Å². The van der Waals surface area contributed by atoms with E-state index >= 15 is 0 Å². The van der Waals surface area contributed by atoms with E-state index in [1.165, 1.54) is 87.8 Å². The van der Waals surface area contributed by atoms with Crippen LogP contribution < -0.4 is 4.90 Å². The standard InChI is InChI=1S/C49H35N/c1-49(2)45-30-35(44-29-34-15-5-6-18-37(34)40-21-9-10-22-41(40)44)25-27-42(45)43-28-26-36(31-46(43)49)50(47-23-11-16-32-13-3-7-19-38(32)47)48-24-12-17-33-14-4-8-20-39(33)48/h3-31H,1-2H3. The van der Waals surface area contributed by atoms with E-state index in [1.807, 2.05) is 0 Å². The Hall–Kier alpha value is -6.18. The summed E-state index contributed by atoms with van der Waals surface area (Å²) in [5.74, 6) is 0. The molecule has 0 bridgehead atoms. The van der Waals surface area contributed by atoms with Gasteiger partial charge in [0.05, 0.1) is 11.4 Å². The third kappa shape index (κ3) is 4.27. The van der Waals surface area contributed by atoms with Gasteiger partial charge in [-0.2, -0.15) is 0 Å². The van der Waals surface area contributed by atoms with Gasteiger partial charge < -0.3 is 4.90 Å². The summed E-state index contributed by atoms with van der Waals surface area (Å²) in [6.07, 6.45) is 0. The first-order valence-corrected chi connectivity index (χ1v) is 17.5. The van der Waals surface area contributed by atoms with Crippen molar-refractivity contribution in [3.05, 3.63) is 187 Å². The summed E-state index contributed by atoms with van der Waals surface area (Å²) in [6.45, 7) is 4.79. The Labute approximate surface area is 292 Å². The van der Waals surface area contributed by atoms with Crippen LogP contribution >= 0.6 is 0 Å². The molecule has 236 valence electrons. The Morgan fingerprint density at radius 1 is 0.360 bits per heavy atom. The number of rotatable bonds is 4. The summed E-state index contributed by atoms with van der Waals surface area (Å²) in [5, 5.41) is 10.1. The quantitative estimate of drug-likeness (QED) is 0.174. The van der Waals surface area contributed by atoms with Gasteiger partial charge in [0.1, 0.15) is 0 Å². The Morgan fingerprint density at radius 2 is 0.860 bits per heavy atom. The molecule has 0 amide bonds. The van der Waals surface area contributed by atoms with Gasteiger partial charge in [-0.1, -0.05) is 153 Å². The van der Waals surface area contributed by atoms with E-state index in [4.69, 9.17) is 0 Å². The van der Waals surface area contributed by atoms with Gasteiger partial charge in [-0.3, -0.25) is 0 Å². The molecule has 0 saturated heterocycles. The van der Waals surface area contributed by atoms with E-state index < -0.39 is 0 Å². The first-order valence-electron chi connectivity index (χ1n) is 17.5. The minimum absolute atomic E-state index is 0.188. The molecule has 0 radical (unpaired) electrons. The SMILES string of the molecule is CC1(C)c2cc(-c3cc4ccccc4c4ccccc34)ccc2-c2ccc(N(c3cccc4ccccc34)c3cccc4ccccc34)cc21. The van der Waals surface area contributed by atoms with Crippen molar-refractivity contribution < 1.29 is 0 Å². The summed E-state index contributed by atoms with van der Waals surface area (Å²) in [7, 11) is 0. The Bertz CT molecular complexity index is 2710. The Balaban J connectivity index is 1.16. The molecule has 1 aliphatic rings. The molecule has 0 unspecified atom stereocenters. The van der Waals surface area contributed by atoms with Crippen LogP contribution in [0.5, 0.6) is 0 Å². The van der Waals surface area contributed by atoms with E-state index in [-0.39, 0.29) is 5.41 Å². The second-order valence-corrected chi connectivity index (χ2v) is 14.1. The first kappa shape index (κ1) is 28.8. The highest BCUT2D eigenvalue weighted by Gasteiger charge is 2.36. The van der Waals surface area contributed by atoms with Gasteiger partial charge in [0.25, 0.3) is 0 Å². The zero-order valence-corrected chi connectivity index (χ0v) is 28.2. The van der Waals surface area contributed by atoms with Crippen LogP contribution in [0.15, 0.2) is 176 Å². The van der Waals surface area contributed by atoms with Crippen LogP contribution in [-0.4, -0.2) is 0 Å². The highest BCUT2D eigenvalue weighted by Crippen LogP contribution is 2.52. The van der Waals surface area contributed by atoms with E-state index in [0.717, 1.165) is 5.69 Å². The van der Waals surface area contributed by atoms with Crippen molar-refractivity contribution in [3.8, 4) is 22.3 Å². The van der Waals surface area contributed by atoms with Gasteiger partial charge in [0.15, 0.2) is 0 Å². The second kappa shape index (κ2) is 10.9. The number of nitrogens with zero attached hydrogens (tertiary/aromatic N) is 1. The van der Waals surface area contributed by atoms with E-state index in [2.05, 4.69) is 195 Å². The molecule has 0 saturated carbocycles. The highest BCUT2D eigenvalue weighted by molar-refractivity contribution is 6.14. The van der Waals surface area contributed by atoms with Crippen molar-refractivity contribution in [3.63, 3.8) is 0 Å². The lowest BCUT2D eigenvalue weighted by Crippen LogP contribution is -2.17. The van der Waals surface area contributed by atoms with E-state index in [9.17, 15) is 0 Å². The molecule has 0 atom stereocenters. The van der Waals surface area contributed by atoms with Gasteiger partial charge >= 0.3 is 0 Å². The maximum atomic E-state index is 2.47. The summed E-state index contributed by atoms with van der Waals surface area (Å²) in [6, 6.07) is 65.0. The molecule has 9 aromatic carbocycles. The van der Waals surface area contributed by atoms with Gasteiger partial charge in [-0.25, -0.2) is 0 Å². The lowest BCUT2D eigenvalue weighted by Gasteiger charge is -2.30. The first-order chi connectivity index (χ1) is 24.6. The molecule has 1 aliphatic carbocycles. The van der Waals surface area contributed by atoms with Gasteiger partial charge in [-0.05, 0) is 102 Å². The van der Waals surface area contributed by atoms with E-state index in [0.29, 0.717) is 0 Å². The van der Waals surface area contributed by atoms with E-state index in [1.54, 1.807) is 0 Å². The predicted molar refractivity (Wildman–Crippen MR) is 214 cm³/mol. The predicted octanol–water partition coefficient (Wildman–Crippen LogP) is 13.7. The van der Waals surface area contributed by atoms with Crippen molar-refractivity contribution in [2.45, 2.75) is 19.3 Å². The third-order valence-electron chi connectivity index (χ3n) is 11.0. The third-order valence-corrected chi connectivity index (χ3v) is 11.0. The number of hydrogen-bond acceptors (Lipinski definition) is 1.